The molecule has 1 unspecified atom stereocenters. The van der Waals surface area contributed by atoms with E-state index in [0.717, 1.165) is 0 Å². The van der Waals surface area contributed by atoms with Gasteiger partial charge in [0.2, 0.25) is 0 Å². The second kappa shape index (κ2) is 6.76. The first-order valence-electron chi connectivity index (χ1n) is 4.07. The Morgan fingerprint density at radius 3 is 1.09 bits per heavy atom. The van der Waals surface area contributed by atoms with Gasteiger partial charge < -0.3 is 5.11 Å². The first-order chi connectivity index (χ1) is 8.71. The quantitative estimate of drug-likeness (QED) is 0.527. The van der Waals surface area contributed by atoms with E-state index in [9.17, 15) is 62.2 Å². The Morgan fingerprint density at radius 1 is 0.591 bits per heavy atom. The van der Waals surface area contributed by atoms with Gasteiger partial charge in [-0.3, -0.25) is 4.74 Å². The summed E-state index contributed by atoms with van der Waals surface area (Å²) in [6.45, 7) is 0. The van der Waals surface area contributed by atoms with Crippen LogP contribution in [0.15, 0.2) is 0 Å². The maximum atomic E-state index is 12.6. The smallest absolute Gasteiger partial charge is 0.794 e. The fraction of sp³-hybridized carbons (Fsp3) is 1.00. The van der Waals surface area contributed by atoms with Crippen LogP contribution < -0.4 is 74.0 Å². The fourth-order valence-electron chi connectivity index (χ4n) is 0.688. The van der Waals surface area contributed by atoms with E-state index in [0.29, 0.717) is 0 Å². The largest absolute Gasteiger partial charge is 1.00 e. The Bertz CT molecular complexity index is 365. The monoisotopic (exact) mass is 484 g/mol. The Balaban J connectivity index is 0. The summed E-state index contributed by atoms with van der Waals surface area (Å²) < 4.78 is 156. The van der Waals surface area contributed by atoms with Crippen LogP contribution in [0, 0.1) is 0 Å². The molecule has 2 nitrogen and oxygen atoms in total. The van der Waals surface area contributed by atoms with E-state index in [1.54, 1.807) is 0 Å². The average Bonchev–Trinajstić information content (AvgIpc) is 2.10. The SMILES string of the molecule is [Cs+].[O-]C(F)(F)C(F)(OC(F)(F)C(F)(F)C(F)(F)F)C(F)(F)F. The zero-order chi connectivity index (χ0) is 17.7. The van der Waals surface area contributed by atoms with Crippen LogP contribution in [0.3, 0.4) is 0 Å². The molecule has 0 amide bonds. The van der Waals surface area contributed by atoms with Gasteiger partial charge in [-0.15, -0.1) is 0 Å². The van der Waals surface area contributed by atoms with Crippen molar-refractivity contribution in [2.75, 3.05) is 0 Å². The first-order valence-corrected chi connectivity index (χ1v) is 4.07. The molecule has 0 saturated heterocycles. The summed E-state index contributed by atoms with van der Waals surface area (Å²) in [6, 6.07) is 0. The van der Waals surface area contributed by atoms with Gasteiger partial charge in [0.05, 0.1) is 0 Å². The van der Waals surface area contributed by atoms with E-state index in [-0.39, 0.29) is 68.9 Å². The van der Waals surface area contributed by atoms with Gasteiger partial charge in [-0.2, -0.15) is 48.3 Å². The number of hydrogen-bond acceptors (Lipinski definition) is 2. The summed E-state index contributed by atoms with van der Waals surface area (Å²) in [5.74, 6) is -14.8. The number of hydrogen-bond donors (Lipinski definition) is 0. The Morgan fingerprint density at radius 2 is 0.909 bits per heavy atom. The average molecular weight is 484 g/mol. The zero-order valence-corrected chi connectivity index (χ0v) is 16.0. The van der Waals surface area contributed by atoms with Crippen molar-refractivity contribution >= 4 is 0 Å². The van der Waals surface area contributed by atoms with Crippen molar-refractivity contribution in [3.63, 3.8) is 0 Å². The van der Waals surface area contributed by atoms with Crippen molar-refractivity contribution in [1.29, 1.82) is 0 Å². The fourth-order valence-corrected chi connectivity index (χ4v) is 0.688. The van der Waals surface area contributed by atoms with Gasteiger partial charge in [0.15, 0.2) is 0 Å². The van der Waals surface area contributed by atoms with Crippen molar-refractivity contribution in [2.45, 2.75) is 36.3 Å². The number of halogens is 13. The molecule has 0 aromatic carbocycles. The molecule has 1 atom stereocenters. The van der Waals surface area contributed by atoms with Crippen LogP contribution in [-0.4, -0.2) is 36.3 Å². The van der Waals surface area contributed by atoms with Gasteiger partial charge in [0.1, 0.15) is 0 Å². The Kier molecular flexibility index (Phi) is 7.77. The molecule has 22 heavy (non-hydrogen) atoms. The molecular weight excluding hydrogens is 484 g/mol. The molecule has 0 N–H and O–H groups in total. The van der Waals surface area contributed by atoms with Crippen molar-refractivity contribution in [3.05, 3.63) is 0 Å². The van der Waals surface area contributed by atoms with E-state index in [4.69, 9.17) is 0 Å². The minimum absolute atomic E-state index is 0. The van der Waals surface area contributed by atoms with Crippen LogP contribution in [0.25, 0.3) is 0 Å². The van der Waals surface area contributed by atoms with Crippen LogP contribution in [0.4, 0.5) is 57.1 Å². The Labute approximate surface area is 170 Å². The van der Waals surface area contributed by atoms with Crippen LogP contribution in [-0.2, 0) is 4.74 Å². The summed E-state index contributed by atoms with van der Waals surface area (Å²) in [5, 5.41) is 9.61. The van der Waals surface area contributed by atoms with Crippen LogP contribution in [0.2, 0.25) is 0 Å². The predicted molar refractivity (Wildman–Crippen MR) is 31.9 cm³/mol. The number of alkyl halides is 13. The predicted octanol–water partition coefficient (Wildman–Crippen LogP) is -0.0214. The third-order valence-electron chi connectivity index (χ3n) is 1.73. The van der Waals surface area contributed by atoms with Gasteiger partial charge in [-0.25, -0.2) is 8.78 Å². The summed E-state index contributed by atoms with van der Waals surface area (Å²) in [4.78, 5) is 0. The molecular formula is C6CsF13O2. The zero-order valence-electron chi connectivity index (χ0n) is 9.73. The van der Waals surface area contributed by atoms with Crippen LogP contribution >= 0.6 is 0 Å². The molecule has 0 saturated carbocycles. The molecule has 128 valence electrons. The standard InChI is InChI=1S/C6F13O2.Cs/c7-1(8,3(10,11)12)6(18,19)21-2(9,4(13,14)15)5(16,17)20;/q-1;+1. The van der Waals surface area contributed by atoms with Crippen molar-refractivity contribution in [1.82, 2.24) is 0 Å². The second-order valence-electron chi connectivity index (χ2n) is 3.30. The van der Waals surface area contributed by atoms with E-state index in [1.165, 1.54) is 4.74 Å². The topological polar surface area (TPSA) is 32.3 Å². The number of ether oxygens (including phenoxy) is 1. The summed E-state index contributed by atoms with van der Waals surface area (Å²) >= 11 is 0. The van der Waals surface area contributed by atoms with Crippen molar-refractivity contribution in [3.8, 4) is 0 Å². The van der Waals surface area contributed by atoms with E-state index in [2.05, 4.69) is 0 Å². The normalized spacial score (nSPS) is 17.7. The maximum absolute atomic E-state index is 12.6. The molecule has 0 fully saturated rings. The summed E-state index contributed by atoms with van der Waals surface area (Å²) in [7, 11) is 0. The minimum Gasteiger partial charge on any atom is -0.794 e. The molecule has 16 heteroatoms. The molecule has 0 aromatic rings. The summed E-state index contributed by atoms with van der Waals surface area (Å²) in [5.41, 5.74) is 0. The molecule has 0 rings (SSSR count). The van der Waals surface area contributed by atoms with Gasteiger partial charge in [0, 0.05) is 0 Å². The molecule has 0 aliphatic heterocycles. The molecule has 0 aliphatic rings. The van der Waals surface area contributed by atoms with Crippen LogP contribution in [0.1, 0.15) is 0 Å². The second-order valence-corrected chi connectivity index (χ2v) is 3.30. The van der Waals surface area contributed by atoms with Gasteiger partial charge in [0.25, 0.3) is 6.11 Å². The van der Waals surface area contributed by atoms with Gasteiger partial charge >= 0.3 is 99.1 Å². The molecule has 0 aromatic heterocycles. The third kappa shape index (κ3) is 4.57. The Hall–Kier alpha value is 1.06. The van der Waals surface area contributed by atoms with E-state index < -0.39 is 36.3 Å². The van der Waals surface area contributed by atoms with E-state index >= 15 is 0 Å². The first kappa shape index (κ1) is 25.3. The molecule has 0 bridgehead atoms. The van der Waals surface area contributed by atoms with E-state index in [1.807, 2.05) is 0 Å². The summed E-state index contributed by atoms with van der Waals surface area (Å²) in [6.07, 6.45) is -29.2. The molecule has 0 radical (unpaired) electrons. The van der Waals surface area contributed by atoms with Gasteiger partial charge in [-0.1, -0.05) is 0 Å². The number of rotatable bonds is 4. The van der Waals surface area contributed by atoms with Crippen molar-refractivity contribution < 1.29 is 136 Å². The van der Waals surface area contributed by atoms with Gasteiger partial charge in [-0.05, 0) is 0 Å². The maximum Gasteiger partial charge on any atom is 1.00 e. The molecule has 0 spiro atoms. The molecule has 0 aliphatic carbocycles. The van der Waals surface area contributed by atoms with Crippen molar-refractivity contribution in [2.24, 2.45) is 0 Å². The molecule has 0 heterocycles. The van der Waals surface area contributed by atoms with Crippen LogP contribution in [0.5, 0.6) is 0 Å². The third-order valence-corrected chi connectivity index (χ3v) is 1.73. The minimum atomic E-state index is -7.49.